The van der Waals surface area contributed by atoms with Crippen LogP contribution in [0.4, 0.5) is 0 Å². The van der Waals surface area contributed by atoms with Crippen molar-refractivity contribution in [3.8, 4) is 0 Å². The van der Waals surface area contributed by atoms with Crippen LogP contribution in [0.3, 0.4) is 0 Å². The highest BCUT2D eigenvalue weighted by atomic mass is 14.3. The molecule has 0 saturated heterocycles. The molecule has 4 rings (SSSR count). The van der Waals surface area contributed by atoms with Gasteiger partial charge in [-0.3, -0.25) is 0 Å². The normalized spacial score (nSPS) is 16.6. The van der Waals surface area contributed by atoms with Crippen LogP contribution in [0.1, 0.15) is 34.2 Å². The van der Waals surface area contributed by atoms with E-state index < -0.39 is 0 Å². The molecule has 1 radical (unpaired) electrons. The van der Waals surface area contributed by atoms with Crippen molar-refractivity contribution >= 4 is 6.08 Å². The van der Waals surface area contributed by atoms with Gasteiger partial charge in [-0.2, -0.15) is 0 Å². The topological polar surface area (TPSA) is 0 Å². The van der Waals surface area contributed by atoms with E-state index in [0.717, 1.165) is 6.42 Å². The minimum absolute atomic E-state index is 1.04. The largest absolute Gasteiger partial charge is 0.0718 e. The minimum atomic E-state index is 1.04. The van der Waals surface area contributed by atoms with Crippen molar-refractivity contribution in [3.05, 3.63) is 82.3 Å². The fourth-order valence-corrected chi connectivity index (χ4v) is 3.31. The summed E-state index contributed by atoms with van der Waals surface area (Å²) in [5.74, 6) is 1.47. The van der Waals surface area contributed by atoms with E-state index in [2.05, 4.69) is 54.6 Å². The summed E-state index contributed by atoms with van der Waals surface area (Å²) in [5.41, 5.74) is 7.43. The molecule has 0 bridgehead atoms. The molecular weight excluding hydrogens is 228 g/mol. The molecule has 0 fully saturated rings. The molecule has 0 heterocycles. The second-order valence-electron chi connectivity index (χ2n) is 5.58. The van der Waals surface area contributed by atoms with Gasteiger partial charge in [0.1, 0.15) is 0 Å². The fraction of sp³-hybridized carbons (Fsp3) is 0.211. The van der Waals surface area contributed by atoms with Crippen molar-refractivity contribution in [2.75, 3.05) is 0 Å². The average molecular weight is 245 g/mol. The SMILES string of the molecule is C1=Cc2cc3c(cc2[C]1Cc1ccccc1)CCC3. The van der Waals surface area contributed by atoms with Crippen LogP contribution >= 0.6 is 0 Å². The molecule has 19 heavy (non-hydrogen) atoms. The Morgan fingerprint density at radius 2 is 1.63 bits per heavy atom. The molecule has 0 unspecified atom stereocenters. The van der Waals surface area contributed by atoms with Gasteiger partial charge in [0.25, 0.3) is 0 Å². The maximum absolute atomic E-state index is 2.44. The van der Waals surface area contributed by atoms with Crippen LogP contribution in [0, 0.1) is 5.92 Å². The Morgan fingerprint density at radius 1 is 0.842 bits per heavy atom. The lowest BCUT2D eigenvalue weighted by molar-refractivity contribution is 0.911. The summed E-state index contributed by atoms with van der Waals surface area (Å²) in [6.45, 7) is 0. The van der Waals surface area contributed by atoms with Crippen molar-refractivity contribution in [2.24, 2.45) is 0 Å². The highest BCUT2D eigenvalue weighted by molar-refractivity contribution is 5.71. The lowest BCUT2D eigenvalue weighted by Gasteiger charge is -2.12. The van der Waals surface area contributed by atoms with E-state index in [0.29, 0.717) is 0 Å². The van der Waals surface area contributed by atoms with Gasteiger partial charge in [0, 0.05) is 5.92 Å². The lowest BCUT2D eigenvalue weighted by Crippen LogP contribution is -2.00. The van der Waals surface area contributed by atoms with Crippen LogP contribution in [0.5, 0.6) is 0 Å². The van der Waals surface area contributed by atoms with Gasteiger partial charge in [-0.25, -0.2) is 0 Å². The van der Waals surface area contributed by atoms with Gasteiger partial charge in [0.05, 0.1) is 0 Å². The molecule has 0 N–H and O–H groups in total. The van der Waals surface area contributed by atoms with Crippen LogP contribution in [-0.4, -0.2) is 0 Å². The van der Waals surface area contributed by atoms with Crippen molar-refractivity contribution in [1.29, 1.82) is 0 Å². The van der Waals surface area contributed by atoms with E-state index in [9.17, 15) is 0 Å². The van der Waals surface area contributed by atoms with Crippen LogP contribution in [0.15, 0.2) is 48.5 Å². The molecule has 2 aromatic rings. The lowest BCUT2D eigenvalue weighted by atomic mass is 9.91. The van der Waals surface area contributed by atoms with Gasteiger partial charge in [0.2, 0.25) is 0 Å². The van der Waals surface area contributed by atoms with Crippen molar-refractivity contribution < 1.29 is 0 Å². The van der Waals surface area contributed by atoms with Gasteiger partial charge < -0.3 is 0 Å². The highest BCUT2D eigenvalue weighted by Crippen LogP contribution is 2.36. The molecule has 2 aromatic carbocycles. The maximum atomic E-state index is 2.44. The molecule has 2 aliphatic carbocycles. The molecule has 0 heteroatoms. The third kappa shape index (κ3) is 1.92. The minimum Gasteiger partial charge on any atom is -0.0718 e. The Hall–Kier alpha value is -1.82. The zero-order chi connectivity index (χ0) is 12.7. The number of benzene rings is 2. The third-order valence-corrected chi connectivity index (χ3v) is 4.31. The number of fused-ring (bicyclic) bond motifs is 2. The standard InChI is InChI=1S/C19H17/c1-2-5-14(6-3-1)11-17-9-10-18-12-15-7-4-8-16(15)13-19(17)18/h1-3,5-6,9-10,12-13H,4,7-8,11H2. The monoisotopic (exact) mass is 245 g/mol. The molecular formula is C19H17. The summed E-state index contributed by atoms with van der Waals surface area (Å²) in [4.78, 5) is 0. The summed E-state index contributed by atoms with van der Waals surface area (Å²) in [5, 5.41) is 0. The Bertz CT molecular complexity index is 635. The third-order valence-electron chi connectivity index (χ3n) is 4.31. The predicted molar refractivity (Wildman–Crippen MR) is 80.0 cm³/mol. The first-order valence-electron chi connectivity index (χ1n) is 7.14. The summed E-state index contributed by atoms with van der Waals surface area (Å²) >= 11 is 0. The second-order valence-corrected chi connectivity index (χ2v) is 5.58. The molecule has 0 saturated carbocycles. The first kappa shape index (κ1) is 11.0. The smallest absolute Gasteiger partial charge is 0.0317 e. The van der Waals surface area contributed by atoms with E-state index in [-0.39, 0.29) is 0 Å². The average Bonchev–Trinajstić information content (AvgIpc) is 3.05. The zero-order valence-corrected chi connectivity index (χ0v) is 11.0. The number of allylic oxidation sites excluding steroid dienone is 1. The Labute approximate surface area is 114 Å². The Balaban J connectivity index is 1.67. The second kappa shape index (κ2) is 4.38. The van der Waals surface area contributed by atoms with E-state index in [1.807, 2.05) is 0 Å². The highest BCUT2D eigenvalue weighted by Gasteiger charge is 2.22. The first-order chi connectivity index (χ1) is 9.40. The Morgan fingerprint density at radius 3 is 2.47 bits per heavy atom. The van der Waals surface area contributed by atoms with Crippen LogP contribution in [0.2, 0.25) is 0 Å². The fourth-order valence-electron chi connectivity index (χ4n) is 3.31. The molecule has 0 nitrogen and oxygen atoms in total. The van der Waals surface area contributed by atoms with Gasteiger partial charge in [-0.05, 0) is 53.5 Å². The van der Waals surface area contributed by atoms with Gasteiger partial charge >= 0.3 is 0 Å². The Kier molecular flexibility index (Phi) is 2.55. The van der Waals surface area contributed by atoms with Gasteiger partial charge in [-0.15, -0.1) is 0 Å². The van der Waals surface area contributed by atoms with Gasteiger partial charge in [-0.1, -0.05) is 54.6 Å². The van der Waals surface area contributed by atoms with Crippen LogP contribution < -0.4 is 0 Å². The van der Waals surface area contributed by atoms with Gasteiger partial charge in [0.15, 0.2) is 0 Å². The summed E-state index contributed by atoms with van der Waals surface area (Å²) < 4.78 is 0. The predicted octanol–water partition coefficient (Wildman–Crippen LogP) is 4.37. The molecule has 0 amide bonds. The van der Waals surface area contributed by atoms with E-state index in [1.54, 1.807) is 11.1 Å². The molecule has 2 aliphatic rings. The van der Waals surface area contributed by atoms with Crippen LogP contribution in [0.25, 0.3) is 6.08 Å². The maximum Gasteiger partial charge on any atom is 0.0317 e. The number of hydrogen-bond acceptors (Lipinski definition) is 0. The number of rotatable bonds is 2. The summed E-state index contributed by atoms with van der Waals surface area (Å²) in [6.07, 6.45) is 9.49. The zero-order valence-electron chi connectivity index (χ0n) is 11.0. The summed E-state index contributed by atoms with van der Waals surface area (Å²) in [6, 6.07) is 15.6. The summed E-state index contributed by atoms with van der Waals surface area (Å²) in [7, 11) is 0. The molecule has 93 valence electrons. The van der Waals surface area contributed by atoms with Crippen LogP contribution in [-0.2, 0) is 19.3 Å². The molecule has 0 aliphatic heterocycles. The quantitative estimate of drug-likeness (QED) is 0.737. The number of aryl methyl sites for hydroxylation is 2. The van der Waals surface area contributed by atoms with Crippen molar-refractivity contribution in [3.63, 3.8) is 0 Å². The van der Waals surface area contributed by atoms with E-state index >= 15 is 0 Å². The van der Waals surface area contributed by atoms with E-state index in [1.165, 1.54) is 41.9 Å². The van der Waals surface area contributed by atoms with Crippen molar-refractivity contribution in [1.82, 2.24) is 0 Å². The first-order valence-corrected chi connectivity index (χ1v) is 7.14. The van der Waals surface area contributed by atoms with E-state index in [4.69, 9.17) is 0 Å². The molecule has 0 spiro atoms. The molecule has 0 atom stereocenters. The van der Waals surface area contributed by atoms with Crippen molar-refractivity contribution in [2.45, 2.75) is 25.7 Å². The molecule has 0 aromatic heterocycles. The number of hydrogen-bond donors (Lipinski definition) is 0.